The minimum absolute atomic E-state index is 0.0851. The lowest BCUT2D eigenvalue weighted by atomic mass is 10.1. The molecule has 1 aliphatic rings. The van der Waals surface area contributed by atoms with E-state index in [1.54, 1.807) is 0 Å². The van der Waals surface area contributed by atoms with Gasteiger partial charge in [-0.05, 0) is 18.6 Å². The molecule has 6 heteroatoms. The SMILES string of the molecule is O=C1CCC(NC(=O)CNc2ccccc2)C(=O)N1. The molecule has 2 rings (SSSR count). The Labute approximate surface area is 110 Å². The number of hydrogen-bond donors (Lipinski definition) is 3. The Morgan fingerprint density at radius 2 is 2.00 bits per heavy atom. The van der Waals surface area contributed by atoms with Crippen molar-refractivity contribution in [2.24, 2.45) is 0 Å². The smallest absolute Gasteiger partial charge is 0.249 e. The molecule has 0 spiro atoms. The number of para-hydroxylation sites is 1. The van der Waals surface area contributed by atoms with Gasteiger partial charge in [-0.3, -0.25) is 19.7 Å². The predicted molar refractivity (Wildman–Crippen MR) is 69.2 cm³/mol. The summed E-state index contributed by atoms with van der Waals surface area (Å²) >= 11 is 0. The average molecular weight is 261 g/mol. The third kappa shape index (κ3) is 3.80. The molecule has 0 saturated carbocycles. The minimum atomic E-state index is -0.622. The van der Waals surface area contributed by atoms with Crippen molar-refractivity contribution in [3.63, 3.8) is 0 Å². The Balaban J connectivity index is 1.78. The van der Waals surface area contributed by atoms with Gasteiger partial charge < -0.3 is 10.6 Å². The van der Waals surface area contributed by atoms with Crippen molar-refractivity contribution < 1.29 is 14.4 Å². The van der Waals surface area contributed by atoms with Gasteiger partial charge in [0.15, 0.2) is 0 Å². The van der Waals surface area contributed by atoms with E-state index in [-0.39, 0.29) is 24.8 Å². The van der Waals surface area contributed by atoms with Crippen LogP contribution < -0.4 is 16.0 Å². The molecule has 0 bridgehead atoms. The molecule has 1 aromatic carbocycles. The molecule has 1 atom stereocenters. The Morgan fingerprint density at radius 1 is 1.26 bits per heavy atom. The van der Waals surface area contributed by atoms with Gasteiger partial charge in [-0.2, -0.15) is 0 Å². The van der Waals surface area contributed by atoms with Crippen LogP contribution >= 0.6 is 0 Å². The molecular weight excluding hydrogens is 246 g/mol. The van der Waals surface area contributed by atoms with E-state index in [1.807, 2.05) is 30.3 Å². The highest BCUT2D eigenvalue weighted by atomic mass is 16.2. The highest BCUT2D eigenvalue weighted by molar-refractivity contribution is 6.01. The molecular formula is C13H15N3O3. The number of carbonyl (C=O) groups excluding carboxylic acids is 3. The highest BCUT2D eigenvalue weighted by Crippen LogP contribution is 2.05. The summed E-state index contributed by atoms with van der Waals surface area (Å²) in [6.45, 7) is 0.0851. The van der Waals surface area contributed by atoms with Crippen LogP contribution in [0.5, 0.6) is 0 Å². The summed E-state index contributed by atoms with van der Waals surface area (Å²) in [5.74, 6) is -1.01. The van der Waals surface area contributed by atoms with Gasteiger partial charge in [0.2, 0.25) is 17.7 Å². The maximum Gasteiger partial charge on any atom is 0.249 e. The van der Waals surface area contributed by atoms with Crippen LogP contribution in [0.3, 0.4) is 0 Å². The fraction of sp³-hybridized carbons (Fsp3) is 0.308. The van der Waals surface area contributed by atoms with Gasteiger partial charge in [0.05, 0.1) is 6.54 Å². The number of carbonyl (C=O) groups is 3. The van der Waals surface area contributed by atoms with Crippen LogP contribution in [0.4, 0.5) is 5.69 Å². The number of amides is 3. The van der Waals surface area contributed by atoms with E-state index >= 15 is 0 Å². The number of nitrogens with one attached hydrogen (secondary N) is 3. The summed E-state index contributed by atoms with van der Waals surface area (Å²) in [4.78, 5) is 34.1. The van der Waals surface area contributed by atoms with Crippen LogP contribution in [0.2, 0.25) is 0 Å². The quantitative estimate of drug-likeness (QED) is 0.667. The zero-order valence-electron chi connectivity index (χ0n) is 10.3. The number of piperidine rings is 1. The largest absolute Gasteiger partial charge is 0.376 e. The van der Waals surface area contributed by atoms with E-state index in [0.29, 0.717) is 6.42 Å². The van der Waals surface area contributed by atoms with Crippen molar-refractivity contribution >= 4 is 23.4 Å². The summed E-state index contributed by atoms with van der Waals surface area (Å²) in [5, 5.41) is 7.74. The molecule has 1 unspecified atom stereocenters. The topological polar surface area (TPSA) is 87.3 Å². The van der Waals surface area contributed by atoms with Gasteiger partial charge in [0.25, 0.3) is 0 Å². The molecule has 0 aliphatic carbocycles. The van der Waals surface area contributed by atoms with E-state index in [9.17, 15) is 14.4 Å². The molecule has 3 N–H and O–H groups in total. The van der Waals surface area contributed by atoms with Crippen molar-refractivity contribution in [3.05, 3.63) is 30.3 Å². The second-order valence-corrected chi connectivity index (χ2v) is 4.29. The van der Waals surface area contributed by atoms with E-state index in [0.717, 1.165) is 5.69 Å². The minimum Gasteiger partial charge on any atom is -0.376 e. The molecule has 0 radical (unpaired) electrons. The van der Waals surface area contributed by atoms with Gasteiger partial charge in [-0.25, -0.2) is 0 Å². The molecule has 1 heterocycles. The summed E-state index contributed by atoms with van der Waals surface area (Å²) in [5.41, 5.74) is 0.834. The van der Waals surface area contributed by atoms with Gasteiger partial charge in [-0.15, -0.1) is 0 Å². The Morgan fingerprint density at radius 3 is 2.68 bits per heavy atom. The second-order valence-electron chi connectivity index (χ2n) is 4.29. The first-order chi connectivity index (χ1) is 9.15. The first-order valence-electron chi connectivity index (χ1n) is 6.07. The molecule has 1 saturated heterocycles. The number of rotatable bonds is 4. The standard InChI is InChI=1S/C13H15N3O3/c17-11-7-6-10(13(19)16-11)15-12(18)8-14-9-4-2-1-3-5-9/h1-5,10,14H,6-8H2,(H,15,18)(H,16,17,19). The number of imide groups is 1. The van der Waals surface area contributed by atoms with Gasteiger partial charge >= 0.3 is 0 Å². The van der Waals surface area contributed by atoms with Crippen LogP contribution in [-0.4, -0.2) is 30.3 Å². The van der Waals surface area contributed by atoms with E-state index in [1.165, 1.54) is 0 Å². The molecule has 3 amide bonds. The van der Waals surface area contributed by atoms with Crippen molar-refractivity contribution in [2.75, 3.05) is 11.9 Å². The lowest BCUT2D eigenvalue weighted by Gasteiger charge is -2.21. The fourth-order valence-electron chi connectivity index (χ4n) is 1.81. The van der Waals surface area contributed by atoms with Gasteiger partial charge in [0, 0.05) is 12.1 Å². The monoisotopic (exact) mass is 261 g/mol. The fourth-order valence-corrected chi connectivity index (χ4v) is 1.81. The zero-order chi connectivity index (χ0) is 13.7. The van der Waals surface area contributed by atoms with E-state index in [4.69, 9.17) is 0 Å². The number of hydrogen-bond acceptors (Lipinski definition) is 4. The normalized spacial score (nSPS) is 18.6. The van der Waals surface area contributed by atoms with Crippen LogP contribution in [0.25, 0.3) is 0 Å². The van der Waals surface area contributed by atoms with Crippen LogP contribution in [-0.2, 0) is 14.4 Å². The van der Waals surface area contributed by atoms with Gasteiger partial charge in [-0.1, -0.05) is 18.2 Å². The van der Waals surface area contributed by atoms with Crippen molar-refractivity contribution in [2.45, 2.75) is 18.9 Å². The molecule has 1 aromatic rings. The van der Waals surface area contributed by atoms with Crippen molar-refractivity contribution in [1.82, 2.24) is 10.6 Å². The molecule has 1 fully saturated rings. The first kappa shape index (κ1) is 13.1. The van der Waals surface area contributed by atoms with Crippen molar-refractivity contribution in [3.8, 4) is 0 Å². The van der Waals surface area contributed by atoms with Crippen molar-refractivity contribution in [1.29, 1.82) is 0 Å². The third-order valence-electron chi connectivity index (χ3n) is 2.80. The lowest BCUT2D eigenvalue weighted by molar-refractivity contribution is -0.137. The molecule has 6 nitrogen and oxygen atoms in total. The number of anilines is 1. The molecule has 19 heavy (non-hydrogen) atoms. The van der Waals surface area contributed by atoms with Crippen LogP contribution in [0.15, 0.2) is 30.3 Å². The molecule has 1 aliphatic heterocycles. The van der Waals surface area contributed by atoms with Crippen LogP contribution in [0.1, 0.15) is 12.8 Å². The summed E-state index contributed by atoms with van der Waals surface area (Å²) in [6, 6.07) is 8.68. The summed E-state index contributed by atoms with van der Waals surface area (Å²) in [7, 11) is 0. The average Bonchev–Trinajstić information content (AvgIpc) is 2.41. The predicted octanol–water partition coefficient (Wildman–Crippen LogP) is 0.0199. The third-order valence-corrected chi connectivity index (χ3v) is 2.80. The van der Waals surface area contributed by atoms with E-state index in [2.05, 4.69) is 16.0 Å². The maximum atomic E-state index is 11.7. The zero-order valence-corrected chi connectivity index (χ0v) is 10.3. The second kappa shape index (κ2) is 5.99. The Hall–Kier alpha value is -2.37. The highest BCUT2D eigenvalue weighted by Gasteiger charge is 2.27. The molecule has 100 valence electrons. The maximum absolute atomic E-state index is 11.7. The Bertz CT molecular complexity index is 487. The first-order valence-corrected chi connectivity index (χ1v) is 6.07. The number of benzene rings is 1. The lowest BCUT2D eigenvalue weighted by Crippen LogP contribution is -2.53. The van der Waals surface area contributed by atoms with E-state index < -0.39 is 11.9 Å². The summed E-state index contributed by atoms with van der Waals surface area (Å²) in [6.07, 6.45) is 0.602. The van der Waals surface area contributed by atoms with Crippen LogP contribution in [0, 0.1) is 0 Å². The molecule has 0 aromatic heterocycles. The summed E-state index contributed by atoms with van der Waals surface area (Å²) < 4.78 is 0. The van der Waals surface area contributed by atoms with Gasteiger partial charge in [0.1, 0.15) is 6.04 Å². The Kier molecular flexibility index (Phi) is 4.12.